The number of hydrogen-bond acceptors (Lipinski definition) is 2. The average Bonchev–Trinajstić information content (AvgIpc) is 2.10. The first-order chi connectivity index (χ1) is 6.30. The number of nitrogens with one attached hydrogen (secondary N) is 2. The van der Waals surface area contributed by atoms with Crippen LogP contribution in [0, 0.1) is 5.41 Å². The molecule has 0 aliphatic rings. The highest BCUT2D eigenvalue weighted by Crippen LogP contribution is 2.21. The van der Waals surface area contributed by atoms with E-state index < -0.39 is 11.9 Å². The molecule has 2 nitrogen and oxygen atoms in total. The molecule has 0 unspecified atom stereocenters. The quantitative estimate of drug-likeness (QED) is 0.685. The second kappa shape index (κ2) is 5.02. The number of allylic oxidation sites excluding steroid dienone is 2. The van der Waals surface area contributed by atoms with Crippen molar-refractivity contribution in [3.05, 3.63) is 11.3 Å². The average molecular weight is 208 g/mol. The van der Waals surface area contributed by atoms with Crippen molar-refractivity contribution in [2.75, 3.05) is 6.54 Å². The maximum Gasteiger partial charge on any atom is 0.432 e. The Labute approximate surface area is 81.7 Å². The fourth-order valence-electron chi connectivity index (χ4n) is 0.845. The van der Waals surface area contributed by atoms with Crippen LogP contribution in [-0.2, 0) is 0 Å². The molecule has 0 spiro atoms. The maximum atomic E-state index is 12.1. The minimum Gasteiger partial charge on any atom is -0.388 e. The van der Waals surface area contributed by atoms with Crippen molar-refractivity contribution in [1.82, 2.24) is 5.32 Å². The Balaban J connectivity index is 4.57. The van der Waals surface area contributed by atoms with E-state index >= 15 is 0 Å². The molecule has 0 aliphatic carbocycles. The first-order valence-electron chi connectivity index (χ1n) is 4.38. The second-order valence-electron chi connectivity index (χ2n) is 3.05. The molecule has 0 saturated heterocycles. The van der Waals surface area contributed by atoms with Crippen molar-refractivity contribution in [1.29, 1.82) is 5.41 Å². The summed E-state index contributed by atoms with van der Waals surface area (Å²) in [5, 5.41) is 9.71. The summed E-state index contributed by atoms with van der Waals surface area (Å²) in [5.41, 5.74) is -0.918. The smallest absolute Gasteiger partial charge is 0.388 e. The number of halogens is 3. The van der Waals surface area contributed by atoms with E-state index in [1.54, 1.807) is 6.92 Å². The maximum absolute atomic E-state index is 12.1. The number of alkyl halides is 3. The minimum absolute atomic E-state index is 0.0500. The lowest BCUT2D eigenvalue weighted by Gasteiger charge is -2.13. The molecule has 0 aromatic heterocycles. The highest BCUT2D eigenvalue weighted by atomic mass is 19.4. The third-order valence-corrected chi connectivity index (χ3v) is 1.86. The second-order valence-corrected chi connectivity index (χ2v) is 3.05. The Morgan fingerprint density at radius 1 is 1.29 bits per heavy atom. The topological polar surface area (TPSA) is 35.9 Å². The molecule has 0 radical (unpaired) electrons. The molecule has 0 bridgehead atoms. The zero-order valence-corrected chi connectivity index (χ0v) is 8.55. The van der Waals surface area contributed by atoms with Crippen molar-refractivity contribution in [2.45, 2.75) is 33.4 Å². The SMILES string of the molecule is CCCN/C(C)=C(/C)C(=N)C(F)(F)F. The van der Waals surface area contributed by atoms with Crippen molar-refractivity contribution >= 4 is 5.71 Å². The van der Waals surface area contributed by atoms with E-state index in [2.05, 4.69) is 5.32 Å². The Hall–Kier alpha value is -1.00. The van der Waals surface area contributed by atoms with Crippen LogP contribution in [0.5, 0.6) is 0 Å². The molecule has 14 heavy (non-hydrogen) atoms. The van der Waals surface area contributed by atoms with E-state index in [1.807, 2.05) is 6.92 Å². The lowest BCUT2D eigenvalue weighted by atomic mass is 10.1. The predicted octanol–water partition coefficient (Wildman–Crippen LogP) is 2.86. The van der Waals surface area contributed by atoms with Crippen LogP contribution >= 0.6 is 0 Å². The highest BCUT2D eigenvalue weighted by molar-refractivity contribution is 6.01. The lowest BCUT2D eigenvalue weighted by molar-refractivity contribution is -0.0590. The lowest BCUT2D eigenvalue weighted by Crippen LogP contribution is -2.26. The molecule has 0 aliphatic heterocycles. The molecular weight excluding hydrogens is 193 g/mol. The Morgan fingerprint density at radius 2 is 1.79 bits per heavy atom. The van der Waals surface area contributed by atoms with Crippen LogP contribution in [0.25, 0.3) is 0 Å². The number of hydrogen-bond donors (Lipinski definition) is 2. The molecule has 82 valence electrons. The van der Waals surface area contributed by atoms with Crippen molar-refractivity contribution in [3.63, 3.8) is 0 Å². The van der Waals surface area contributed by atoms with Crippen LogP contribution in [0.3, 0.4) is 0 Å². The minimum atomic E-state index is -4.56. The number of rotatable bonds is 4. The van der Waals surface area contributed by atoms with Gasteiger partial charge in [0.05, 0.1) is 0 Å². The first-order valence-corrected chi connectivity index (χ1v) is 4.38. The fraction of sp³-hybridized carbons (Fsp3) is 0.667. The molecule has 0 aromatic rings. The third kappa shape index (κ3) is 3.81. The summed E-state index contributed by atoms with van der Waals surface area (Å²) in [6, 6.07) is 0. The van der Waals surface area contributed by atoms with Crippen LogP contribution in [0.2, 0.25) is 0 Å². The van der Waals surface area contributed by atoms with Gasteiger partial charge in [-0.25, -0.2) is 0 Å². The largest absolute Gasteiger partial charge is 0.432 e. The summed E-state index contributed by atoms with van der Waals surface area (Å²) in [6.45, 7) is 5.39. The van der Waals surface area contributed by atoms with E-state index in [0.717, 1.165) is 6.42 Å². The first kappa shape index (κ1) is 13.0. The van der Waals surface area contributed by atoms with Crippen molar-refractivity contribution < 1.29 is 13.2 Å². The summed E-state index contributed by atoms with van der Waals surface area (Å²) < 4.78 is 36.3. The van der Waals surface area contributed by atoms with Gasteiger partial charge in [0.25, 0.3) is 0 Å². The Morgan fingerprint density at radius 3 is 2.14 bits per heavy atom. The van der Waals surface area contributed by atoms with Crippen LogP contribution in [0.1, 0.15) is 27.2 Å². The fourth-order valence-corrected chi connectivity index (χ4v) is 0.845. The van der Waals surface area contributed by atoms with E-state index in [9.17, 15) is 13.2 Å². The summed E-state index contributed by atoms with van der Waals surface area (Å²) in [7, 11) is 0. The molecule has 0 fully saturated rings. The van der Waals surface area contributed by atoms with Crippen molar-refractivity contribution in [3.8, 4) is 0 Å². The normalized spacial score (nSPS) is 13.6. The van der Waals surface area contributed by atoms with E-state index in [1.165, 1.54) is 6.92 Å². The van der Waals surface area contributed by atoms with Crippen LogP contribution in [0.4, 0.5) is 13.2 Å². The van der Waals surface area contributed by atoms with Gasteiger partial charge in [0.15, 0.2) is 0 Å². The zero-order valence-electron chi connectivity index (χ0n) is 8.55. The molecule has 5 heteroatoms. The summed E-state index contributed by atoms with van der Waals surface area (Å²) in [4.78, 5) is 0. The highest BCUT2D eigenvalue weighted by Gasteiger charge is 2.35. The summed E-state index contributed by atoms with van der Waals surface area (Å²) in [6.07, 6.45) is -3.72. The zero-order chi connectivity index (χ0) is 11.4. The molecule has 0 atom stereocenters. The van der Waals surface area contributed by atoms with Gasteiger partial charge in [-0.3, -0.25) is 5.41 Å². The van der Waals surface area contributed by atoms with Crippen LogP contribution in [-0.4, -0.2) is 18.4 Å². The molecule has 0 rings (SSSR count). The molecular formula is C9H15F3N2. The molecule has 0 aromatic carbocycles. The van der Waals surface area contributed by atoms with Crippen molar-refractivity contribution in [2.24, 2.45) is 0 Å². The predicted molar refractivity (Wildman–Crippen MR) is 50.4 cm³/mol. The standard InChI is InChI=1S/C9H15F3N2/c1-4-5-14-7(3)6(2)8(13)9(10,11)12/h13-14H,4-5H2,1-3H3/b7-6-,13-8?. The van der Waals surface area contributed by atoms with Gasteiger partial charge < -0.3 is 5.32 Å². The van der Waals surface area contributed by atoms with Gasteiger partial charge in [0.1, 0.15) is 5.71 Å². The van der Waals surface area contributed by atoms with Crippen LogP contribution < -0.4 is 5.32 Å². The van der Waals surface area contributed by atoms with E-state index in [0.29, 0.717) is 12.2 Å². The molecule has 0 amide bonds. The van der Waals surface area contributed by atoms with Gasteiger partial charge in [-0.05, 0) is 25.8 Å². The van der Waals surface area contributed by atoms with E-state index in [4.69, 9.17) is 5.41 Å². The van der Waals surface area contributed by atoms with Gasteiger partial charge >= 0.3 is 6.18 Å². The van der Waals surface area contributed by atoms with E-state index in [-0.39, 0.29) is 5.57 Å². The third-order valence-electron chi connectivity index (χ3n) is 1.86. The molecule has 0 saturated carbocycles. The van der Waals surface area contributed by atoms with Gasteiger partial charge in [0, 0.05) is 12.2 Å². The summed E-state index contributed by atoms with van der Waals surface area (Å²) >= 11 is 0. The van der Waals surface area contributed by atoms with Crippen LogP contribution in [0.15, 0.2) is 11.3 Å². The summed E-state index contributed by atoms with van der Waals surface area (Å²) in [5.74, 6) is 0. The van der Waals surface area contributed by atoms with Gasteiger partial charge in [0.2, 0.25) is 0 Å². The molecule has 2 N–H and O–H groups in total. The van der Waals surface area contributed by atoms with Gasteiger partial charge in [-0.2, -0.15) is 13.2 Å². The molecule has 0 heterocycles. The Bertz CT molecular complexity index is 241. The van der Waals surface area contributed by atoms with Gasteiger partial charge in [-0.15, -0.1) is 0 Å². The van der Waals surface area contributed by atoms with Gasteiger partial charge in [-0.1, -0.05) is 6.92 Å². The monoisotopic (exact) mass is 208 g/mol. The Kier molecular flexibility index (Phi) is 4.67.